The monoisotopic (exact) mass is 338 g/mol. The van der Waals surface area contributed by atoms with Crippen molar-refractivity contribution in [1.29, 1.82) is 0 Å². The van der Waals surface area contributed by atoms with E-state index in [1.807, 2.05) is 0 Å². The van der Waals surface area contributed by atoms with Crippen molar-refractivity contribution in [1.82, 2.24) is 4.90 Å². The number of carbonyl (C=O) groups excluding carboxylic acids is 1. The van der Waals surface area contributed by atoms with Gasteiger partial charge in [0.25, 0.3) is 5.91 Å². The molecule has 6 heteroatoms. The highest BCUT2D eigenvalue weighted by atomic mass is 79.9. The van der Waals surface area contributed by atoms with Gasteiger partial charge in [0.1, 0.15) is 0 Å². The quantitative estimate of drug-likeness (QED) is 0.855. The molecule has 1 atom stereocenters. The molecule has 1 fully saturated rings. The fraction of sp³-hybridized carbons (Fsp3) is 0.364. The summed E-state index contributed by atoms with van der Waals surface area (Å²) in [5.74, 6) is 0.0188. The Morgan fingerprint density at radius 2 is 2.24 bits per heavy atom. The number of likely N-dealkylation sites (tertiary alicyclic amines) is 1. The van der Waals surface area contributed by atoms with Crippen LogP contribution in [0.4, 0.5) is 0 Å². The zero-order valence-corrected chi connectivity index (χ0v) is 12.2. The average molecular weight is 340 g/mol. The lowest BCUT2D eigenvalue weighted by atomic mass is 10.2. The molecular formula is C11H13BrCl2N2O. The fourth-order valence-electron chi connectivity index (χ4n) is 1.78. The second-order valence-electron chi connectivity index (χ2n) is 3.93. The third-order valence-electron chi connectivity index (χ3n) is 2.68. The van der Waals surface area contributed by atoms with Crippen LogP contribution in [0.2, 0.25) is 5.02 Å². The highest BCUT2D eigenvalue weighted by Crippen LogP contribution is 2.24. The summed E-state index contributed by atoms with van der Waals surface area (Å²) < 4.78 is 0.739. The molecule has 1 aromatic carbocycles. The predicted molar refractivity (Wildman–Crippen MR) is 74.9 cm³/mol. The summed E-state index contributed by atoms with van der Waals surface area (Å²) in [6.45, 7) is 1.37. The molecular weight excluding hydrogens is 327 g/mol. The van der Waals surface area contributed by atoms with Crippen LogP contribution in [-0.4, -0.2) is 29.9 Å². The van der Waals surface area contributed by atoms with E-state index in [0.29, 0.717) is 17.1 Å². The van der Waals surface area contributed by atoms with Crippen molar-refractivity contribution in [2.45, 2.75) is 12.5 Å². The van der Waals surface area contributed by atoms with Gasteiger partial charge in [-0.1, -0.05) is 11.6 Å². The minimum absolute atomic E-state index is 0. The number of rotatable bonds is 1. The van der Waals surface area contributed by atoms with Crippen molar-refractivity contribution in [3.8, 4) is 0 Å². The van der Waals surface area contributed by atoms with Gasteiger partial charge in [-0.25, -0.2) is 0 Å². The van der Waals surface area contributed by atoms with Crippen molar-refractivity contribution in [3.63, 3.8) is 0 Å². The number of carbonyl (C=O) groups is 1. The predicted octanol–water partition coefficient (Wildman–Crippen LogP) is 2.70. The topological polar surface area (TPSA) is 46.3 Å². The molecule has 0 spiro atoms. The summed E-state index contributed by atoms with van der Waals surface area (Å²) in [6.07, 6.45) is 0.875. The van der Waals surface area contributed by atoms with Gasteiger partial charge >= 0.3 is 0 Å². The molecule has 1 aromatic rings. The third kappa shape index (κ3) is 3.35. The number of benzene rings is 1. The van der Waals surface area contributed by atoms with Crippen molar-refractivity contribution in [2.24, 2.45) is 5.73 Å². The van der Waals surface area contributed by atoms with E-state index in [2.05, 4.69) is 15.9 Å². The molecule has 0 saturated carbocycles. The van der Waals surface area contributed by atoms with Crippen LogP contribution < -0.4 is 5.73 Å². The Balaban J connectivity index is 0.00000144. The molecule has 2 rings (SSSR count). The number of nitrogens with zero attached hydrogens (tertiary/aromatic N) is 1. The first-order chi connectivity index (χ1) is 7.58. The smallest absolute Gasteiger partial charge is 0.253 e. The summed E-state index contributed by atoms with van der Waals surface area (Å²) in [6, 6.07) is 5.31. The van der Waals surface area contributed by atoms with E-state index in [-0.39, 0.29) is 24.4 Å². The Labute approximate surface area is 120 Å². The van der Waals surface area contributed by atoms with Crippen molar-refractivity contribution in [2.75, 3.05) is 13.1 Å². The van der Waals surface area contributed by atoms with Gasteiger partial charge in [0, 0.05) is 29.2 Å². The second-order valence-corrected chi connectivity index (χ2v) is 5.19. The van der Waals surface area contributed by atoms with Crippen LogP contribution in [0, 0.1) is 0 Å². The molecule has 0 bridgehead atoms. The Hall–Kier alpha value is -0.290. The number of nitrogens with two attached hydrogens (primary N) is 1. The Kier molecular flexibility index (Phi) is 5.25. The van der Waals surface area contributed by atoms with Gasteiger partial charge < -0.3 is 10.6 Å². The molecule has 1 heterocycles. The van der Waals surface area contributed by atoms with Gasteiger partial charge in [-0.05, 0) is 40.5 Å². The normalized spacial score (nSPS) is 19.0. The molecule has 1 saturated heterocycles. The largest absolute Gasteiger partial charge is 0.337 e. The summed E-state index contributed by atoms with van der Waals surface area (Å²) >= 11 is 9.18. The fourth-order valence-corrected chi connectivity index (χ4v) is 2.28. The van der Waals surface area contributed by atoms with Crippen LogP contribution >= 0.6 is 39.9 Å². The SMILES string of the molecule is Cl.N[C@H]1CCN(C(=O)c2ccc(Cl)c(Br)c2)C1. The molecule has 1 aliphatic rings. The van der Waals surface area contributed by atoms with E-state index < -0.39 is 0 Å². The maximum Gasteiger partial charge on any atom is 0.253 e. The summed E-state index contributed by atoms with van der Waals surface area (Å²) in [7, 11) is 0. The van der Waals surface area contributed by atoms with Crippen molar-refractivity contribution in [3.05, 3.63) is 33.3 Å². The van der Waals surface area contributed by atoms with Crippen LogP contribution in [-0.2, 0) is 0 Å². The first kappa shape index (κ1) is 14.8. The molecule has 1 amide bonds. The highest BCUT2D eigenvalue weighted by molar-refractivity contribution is 9.10. The Morgan fingerprint density at radius 1 is 1.53 bits per heavy atom. The first-order valence-corrected chi connectivity index (χ1v) is 6.25. The van der Waals surface area contributed by atoms with E-state index in [9.17, 15) is 4.79 Å². The van der Waals surface area contributed by atoms with Crippen LogP contribution in [0.25, 0.3) is 0 Å². The molecule has 0 aromatic heterocycles. The molecule has 0 aliphatic carbocycles. The maximum atomic E-state index is 12.1. The van der Waals surface area contributed by atoms with Gasteiger partial charge in [0.05, 0.1) is 5.02 Å². The van der Waals surface area contributed by atoms with Gasteiger partial charge in [0.15, 0.2) is 0 Å². The average Bonchev–Trinajstić information content (AvgIpc) is 2.68. The zero-order valence-electron chi connectivity index (χ0n) is 9.03. The summed E-state index contributed by atoms with van der Waals surface area (Å²) in [4.78, 5) is 13.8. The molecule has 2 N–H and O–H groups in total. The van der Waals surface area contributed by atoms with E-state index in [0.717, 1.165) is 17.4 Å². The molecule has 94 valence electrons. The van der Waals surface area contributed by atoms with Crippen LogP contribution in [0.5, 0.6) is 0 Å². The molecule has 0 radical (unpaired) electrons. The number of hydrogen-bond acceptors (Lipinski definition) is 2. The van der Waals surface area contributed by atoms with Crippen molar-refractivity contribution < 1.29 is 4.79 Å². The number of hydrogen-bond donors (Lipinski definition) is 1. The molecule has 1 aliphatic heterocycles. The Morgan fingerprint density at radius 3 is 2.76 bits per heavy atom. The molecule has 3 nitrogen and oxygen atoms in total. The van der Waals surface area contributed by atoms with Crippen LogP contribution in [0.3, 0.4) is 0 Å². The van der Waals surface area contributed by atoms with E-state index in [1.165, 1.54) is 0 Å². The standard InChI is InChI=1S/C11H12BrClN2O.ClH/c12-9-5-7(1-2-10(9)13)11(16)15-4-3-8(14)6-15;/h1-2,5,8H,3-4,6,14H2;1H/t8-;/m0./s1. The number of halogens is 3. The minimum Gasteiger partial charge on any atom is -0.337 e. The molecule has 17 heavy (non-hydrogen) atoms. The summed E-state index contributed by atoms with van der Waals surface area (Å²) in [5.41, 5.74) is 6.41. The van der Waals surface area contributed by atoms with Gasteiger partial charge in [-0.15, -0.1) is 12.4 Å². The Bertz CT molecular complexity index is 428. The van der Waals surface area contributed by atoms with E-state index in [1.54, 1.807) is 23.1 Å². The summed E-state index contributed by atoms with van der Waals surface area (Å²) in [5, 5.41) is 0.606. The van der Waals surface area contributed by atoms with Gasteiger partial charge in [0.2, 0.25) is 0 Å². The van der Waals surface area contributed by atoms with Crippen LogP contribution in [0.15, 0.2) is 22.7 Å². The zero-order chi connectivity index (χ0) is 11.7. The lowest BCUT2D eigenvalue weighted by Gasteiger charge is -2.15. The first-order valence-electron chi connectivity index (χ1n) is 5.08. The van der Waals surface area contributed by atoms with Gasteiger partial charge in [-0.2, -0.15) is 0 Å². The minimum atomic E-state index is 0. The van der Waals surface area contributed by atoms with Crippen molar-refractivity contribution >= 4 is 45.8 Å². The lowest BCUT2D eigenvalue weighted by Crippen LogP contribution is -2.31. The third-order valence-corrected chi connectivity index (χ3v) is 3.89. The van der Waals surface area contributed by atoms with Gasteiger partial charge in [-0.3, -0.25) is 4.79 Å². The second kappa shape index (κ2) is 6.05. The van der Waals surface area contributed by atoms with E-state index in [4.69, 9.17) is 17.3 Å². The highest BCUT2D eigenvalue weighted by Gasteiger charge is 2.24. The maximum absolute atomic E-state index is 12.1. The van der Waals surface area contributed by atoms with E-state index >= 15 is 0 Å². The molecule has 0 unspecified atom stereocenters. The number of amides is 1. The lowest BCUT2D eigenvalue weighted by molar-refractivity contribution is 0.0791. The van der Waals surface area contributed by atoms with Crippen LogP contribution in [0.1, 0.15) is 16.8 Å².